The molecule has 6 atom stereocenters. The molecule has 17 heavy (non-hydrogen) atoms. The Kier molecular flexibility index (Phi) is 3.47. The van der Waals surface area contributed by atoms with E-state index in [1.54, 1.807) is 6.42 Å². The molecular formula is C16H29N. The fourth-order valence-electron chi connectivity index (χ4n) is 5.11. The van der Waals surface area contributed by atoms with Crippen molar-refractivity contribution in [3.8, 4) is 0 Å². The molecule has 0 amide bonds. The van der Waals surface area contributed by atoms with Gasteiger partial charge in [-0.3, -0.25) is 0 Å². The first kappa shape index (κ1) is 12.0. The van der Waals surface area contributed by atoms with E-state index in [-0.39, 0.29) is 0 Å². The quantitative estimate of drug-likeness (QED) is 0.777. The van der Waals surface area contributed by atoms with Crippen molar-refractivity contribution in [2.45, 2.75) is 77.3 Å². The minimum Gasteiger partial charge on any atom is -0.311 e. The van der Waals surface area contributed by atoms with Crippen LogP contribution in [0.25, 0.3) is 0 Å². The number of nitrogens with one attached hydrogen (secondary N) is 1. The van der Waals surface area contributed by atoms with E-state index in [1.165, 1.54) is 44.9 Å². The lowest BCUT2D eigenvalue weighted by Crippen LogP contribution is -2.44. The first-order chi connectivity index (χ1) is 8.28. The highest BCUT2D eigenvalue weighted by Crippen LogP contribution is 2.49. The van der Waals surface area contributed by atoms with E-state index in [9.17, 15) is 0 Å². The summed E-state index contributed by atoms with van der Waals surface area (Å²) < 4.78 is 0. The van der Waals surface area contributed by atoms with Crippen LogP contribution in [0.5, 0.6) is 0 Å². The average molecular weight is 235 g/mol. The van der Waals surface area contributed by atoms with Crippen molar-refractivity contribution in [3.05, 3.63) is 0 Å². The van der Waals surface area contributed by atoms with E-state index in [0.29, 0.717) is 0 Å². The second-order valence-corrected chi connectivity index (χ2v) is 7.00. The molecule has 1 heteroatoms. The Labute approximate surface area is 107 Å². The van der Waals surface area contributed by atoms with Gasteiger partial charge in [-0.05, 0) is 62.7 Å². The molecular weight excluding hydrogens is 206 g/mol. The van der Waals surface area contributed by atoms with Crippen molar-refractivity contribution < 1.29 is 0 Å². The molecule has 3 fully saturated rings. The van der Waals surface area contributed by atoms with Crippen LogP contribution < -0.4 is 5.32 Å². The second kappa shape index (κ2) is 4.91. The van der Waals surface area contributed by atoms with Gasteiger partial charge in [0.25, 0.3) is 0 Å². The Morgan fingerprint density at radius 2 is 2.00 bits per heavy atom. The molecule has 0 aromatic carbocycles. The van der Waals surface area contributed by atoms with Gasteiger partial charge in [0.05, 0.1) is 0 Å². The van der Waals surface area contributed by atoms with E-state index in [2.05, 4.69) is 19.2 Å². The number of hydrogen-bond acceptors (Lipinski definition) is 1. The van der Waals surface area contributed by atoms with Crippen molar-refractivity contribution in [3.63, 3.8) is 0 Å². The molecule has 3 aliphatic rings. The third kappa shape index (κ3) is 2.28. The summed E-state index contributed by atoms with van der Waals surface area (Å²) in [5.41, 5.74) is 0. The summed E-state index contributed by atoms with van der Waals surface area (Å²) in [6.07, 6.45) is 11.9. The first-order valence-electron chi connectivity index (χ1n) is 8.04. The third-order valence-corrected chi connectivity index (χ3v) is 6.10. The molecule has 0 spiro atoms. The van der Waals surface area contributed by atoms with E-state index >= 15 is 0 Å². The molecule has 3 aliphatic carbocycles. The summed E-state index contributed by atoms with van der Waals surface area (Å²) in [4.78, 5) is 0. The van der Waals surface area contributed by atoms with Gasteiger partial charge in [0.15, 0.2) is 0 Å². The molecule has 0 saturated heterocycles. The van der Waals surface area contributed by atoms with Crippen LogP contribution in [0.4, 0.5) is 0 Å². The van der Waals surface area contributed by atoms with Gasteiger partial charge in [-0.1, -0.05) is 26.2 Å². The number of rotatable bonds is 4. The molecule has 1 N–H and O–H groups in total. The summed E-state index contributed by atoms with van der Waals surface area (Å²) in [7, 11) is 0. The van der Waals surface area contributed by atoms with Gasteiger partial charge >= 0.3 is 0 Å². The minimum atomic E-state index is 0.780. The summed E-state index contributed by atoms with van der Waals surface area (Å²) in [6, 6.07) is 1.62. The molecule has 6 unspecified atom stereocenters. The monoisotopic (exact) mass is 235 g/mol. The van der Waals surface area contributed by atoms with Crippen molar-refractivity contribution in [1.29, 1.82) is 0 Å². The molecule has 2 bridgehead atoms. The molecule has 0 radical (unpaired) electrons. The first-order valence-corrected chi connectivity index (χ1v) is 8.04. The van der Waals surface area contributed by atoms with Gasteiger partial charge in [-0.25, -0.2) is 0 Å². The van der Waals surface area contributed by atoms with Crippen molar-refractivity contribution in [2.75, 3.05) is 0 Å². The Bertz CT molecular complexity index is 262. The summed E-state index contributed by atoms with van der Waals surface area (Å²) in [6.45, 7) is 4.84. The summed E-state index contributed by atoms with van der Waals surface area (Å²) >= 11 is 0. The van der Waals surface area contributed by atoms with Crippen molar-refractivity contribution in [1.82, 2.24) is 5.32 Å². The molecule has 0 heterocycles. The maximum atomic E-state index is 4.01. The zero-order chi connectivity index (χ0) is 11.8. The molecule has 3 rings (SSSR count). The topological polar surface area (TPSA) is 12.0 Å². The molecule has 0 aromatic rings. The molecule has 0 aliphatic heterocycles. The van der Waals surface area contributed by atoms with Crippen LogP contribution in [0.3, 0.4) is 0 Å². The van der Waals surface area contributed by atoms with Gasteiger partial charge < -0.3 is 5.32 Å². The van der Waals surface area contributed by atoms with E-state index < -0.39 is 0 Å². The highest BCUT2D eigenvalue weighted by Gasteiger charge is 2.42. The average Bonchev–Trinajstić information content (AvgIpc) is 3.03. The van der Waals surface area contributed by atoms with Crippen molar-refractivity contribution >= 4 is 0 Å². The zero-order valence-electron chi connectivity index (χ0n) is 11.6. The van der Waals surface area contributed by atoms with Crippen LogP contribution in [0.2, 0.25) is 0 Å². The Morgan fingerprint density at radius 3 is 2.65 bits per heavy atom. The van der Waals surface area contributed by atoms with E-state index in [1.807, 2.05) is 0 Å². The lowest BCUT2D eigenvalue weighted by molar-refractivity contribution is 0.229. The highest BCUT2D eigenvalue weighted by molar-refractivity contribution is 4.95. The van der Waals surface area contributed by atoms with Crippen LogP contribution in [0, 0.1) is 23.7 Å². The normalized spacial score (nSPS) is 46.6. The van der Waals surface area contributed by atoms with Gasteiger partial charge in [0, 0.05) is 12.1 Å². The SMILES string of the molecule is CCC1CCCC1NC(C)C1CC2CCC1C2. The number of fused-ring (bicyclic) bond motifs is 2. The molecule has 3 saturated carbocycles. The van der Waals surface area contributed by atoms with Crippen molar-refractivity contribution in [2.24, 2.45) is 23.7 Å². The van der Waals surface area contributed by atoms with Gasteiger partial charge in [0.2, 0.25) is 0 Å². The van der Waals surface area contributed by atoms with Crippen LogP contribution in [0.15, 0.2) is 0 Å². The maximum Gasteiger partial charge on any atom is 0.00978 e. The van der Waals surface area contributed by atoms with Gasteiger partial charge in [-0.2, -0.15) is 0 Å². The smallest absolute Gasteiger partial charge is 0.00978 e. The molecule has 0 aromatic heterocycles. The lowest BCUT2D eigenvalue weighted by atomic mass is 9.83. The summed E-state index contributed by atoms with van der Waals surface area (Å²) in [5.74, 6) is 4.15. The second-order valence-electron chi connectivity index (χ2n) is 7.00. The predicted molar refractivity (Wildman–Crippen MR) is 73.0 cm³/mol. The Hall–Kier alpha value is -0.0400. The van der Waals surface area contributed by atoms with Gasteiger partial charge in [-0.15, -0.1) is 0 Å². The van der Waals surface area contributed by atoms with Gasteiger partial charge in [0.1, 0.15) is 0 Å². The molecule has 1 nitrogen and oxygen atoms in total. The van der Waals surface area contributed by atoms with Crippen LogP contribution in [0.1, 0.15) is 65.2 Å². The predicted octanol–water partition coefficient (Wildman–Crippen LogP) is 3.98. The Morgan fingerprint density at radius 1 is 1.12 bits per heavy atom. The van der Waals surface area contributed by atoms with Crippen LogP contribution in [-0.2, 0) is 0 Å². The standard InChI is InChI=1S/C16H29N/c1-3-13-5-4-6-16(13)17-11(2)15-10-12-7-8-14(15)9-12/h11-17H,3-10H2,1-2H3. The third-order valence-electron chi connectivity index (χ3n) is 6.10. The largest absolute Gasteiger partial charge is 0.311 e. The number of hydrogen-bond donors (Lipinski definition) is 1. The van der Waals surface area contributed by atoms with Crippen LogP contribution in [-0.4, -0.2) is 12.1 Å². The fourth-order valence-corrected chi connectivity index (χ4v) is 5.11. The fraction of sp³-hybridized carbons (Fsp3) is 1.00. The van der Waals surface area contributed by atoms with E-state index in [0.717, 1.165) is 35.8 Å². The Balaban J connectivity index is 1.54. The van der Waals surface area contributed by atoms with Crippen LogP contribution >= 0.6 is 0 Å². The zero-order valence-corrected chi connectivity index (χ0v) is 11.6. The lowest BCUT2D eigenvalue weighted by Gasteiger charge is -2.32. The maximum absolute atomic E-state index is 4.01. The minimum absolute atomic E-state index is 0.780. The summed E-state index contributed by atoms with van der Waals surface area (Å²) in [5, 5.41) is 4.01. The highest BCUT2D eigenvalue weighted by atomic mass is 15.0. The van der Waals surface area contributed by atoms with E-state index in [4.69, 9.17) is 0 Å². The molecule has 98 valence electrons.